The molecule has 0 radical (unpaired) electrons. The Labute approximate surface area is 82.3 Å². The lowest BCUT2D eigenvalue weighted by Crippen LogP contribution is -2.07. The summed E-state index contributed by atoms with van der Waals surface area (Å²) >= 11 is 4.19. The Hall–Kier alpha value is 0.310. The summed E-state index contributed by atoms with van der Waals surface area (Å²) in [5.74, 6) is 1.52. The van der Waals surface area contributed by atoms with Gasteiger partial charge in [-0.15, -0.1) is 0 Å². The van der Waals surface area contributed by atoms with Gasteiger partial charge in [0.25, 0.3) is 0 Å². The summed E-state index contributed by atoms with van der Waals surface area (Å²) in [4.78, 5) is 0. The number of hydrogen-bond acceptors (Lipinski definition) is 2. The second-order valence-corrected chi connectivity index (χ2v) is 3.79. The molecule has 0 aliphatic carbocycles. The summed E-state index contributed by atoms with van der Waals surface area (Å²) in [5.41, 5.74) is 0. The molecule has 1 atom stereocenters. The van der Waals surface area contributed by atoms with E-state index in [1.54, 1.807) is 0 Å². The van der Waals surface area contributed by atoms with Crippen molar-refractivity contribution < 1.29 is 4.74 Å². The van der Waals surface area contributed by atoms with Crippen LogP contribution in [0.25, 0.3) is 0 Å². The zero-order chi connectivity index (χ0) is 9.23. The lowest BCUT2D eigenvalue weighted by atomic mass is 10.2. The number of unbranched alkanes of at least 4 members (excludes halogenated alkanes) is 3. The van der Waals surface area contributed by atoms with Crippen LogP contribution in [0.3, 0.4) is 0 Å². The molecule has 0 aromatic heterocycles. The molecule has 0 aromatic rings. The first-order valence-electron chi connectivity index (χ1n) is 4.99. The Balaban J connectivity index is 2.90. The fraction of sp³-hybridized carbons (Fsp3) is 1.00. The third-order valence-electron chi connectivity index (χ3n) is 1.86. The van der Waals surface area contributed by atoms with E-state index in [4.69, 9.17) is 4.74 Å². The summed E-state index contributed by atoms with van der Waals surface area (Å²) in [6.45, 7) is 6.19. The lowest BCUT2D eigenvalue weighted by Gasteiger charge is -2.08. The van der Waals surface area contributed by atoms with Crippen molar-refractivity contribution >= 4 is 12.6 Å². The van der Waals surface area contributed by atoms with Crippen LogP contribution in [0.5, 0.6) is 0 Å². The van der Waals surface area contributed by atoms with E-state index in [-0.39, 0.29) is 0 Å². The second-order valence-electron chi connectivity index (χ2n) is 3.42. The molecule has 0 N–H and O–H groups in total. The molecule has 0 rings (SSSR count). The highest BCUT2D eigenvalue weighted by molar-refractivity contribution is 7.80. The van der Waals surface area contributed by atoms with E-state index in [9.17, 15) is 0 Å². The maximum absolute atomic E-state index is 5.48. The number of hydrogen-bond donors (Lipinski definition) is 1. The van der Waals surface area contributed by atoms with Crippen LogP contribution in [0.4, 0.5) is 0 Å². The van der Waals surface area contributed by atoms with E-state index >= 15 is 0 Å². The molecule has 0 fully saturated rings. The molecule has 12 heavy (non-hydrogen) atoms. The van der Waals surface area contributed by atoms with Crippen LogP contribution in [0.15, 0.2) is 0 Å². The Morgan fingerprint density at radius 2 is 2.00 bits per heavy atom. The summed E-state index contributed by atoms with van der Waals surface area (Å²) in [6.07, 6.45) is 5.16. The zero-order valence-electron chi connectivity index (χ0n) is 8.38. The predicted molar refractivity (Wildman–Crippen MR) is 58.0 cm³/mol. The van der Waals surface area contributed by atoms with Crippen molar-refractivity contribution in [2.45, 2.75) is 39.5 Å². The van der Waals surface area contributed by atoms with Crippen molar-refractivity contribution in [3.63, 3.8) is 0 Å². The number of thiol groups is 1. The summed E-state index contributed by atoms with van der Waals surface area (Å²) < 4.78 is 5.48. The third kappa shape index (κ3) is 8.41. The first kappa shape index (κ1) is 12.3. The average Bonchev–Trinajstić information content (AvgIpc) is 2.10. The van der Waals surface area contributed by atoms with E-state index in [0.29, 0.717) is 5.92 Å². The van der Waals surface area contributed by atoms with Gasteiger partial charge in [-0.3, -0.25) is 0 Å². The molecule has 0 saturated heterocycles. The van der Waals surface area contributed by atoms with Gasteiger partial charge in [-0.05, 0) is 18.1 Å². The SMILES string of the molecule is CCCCCCOCC(C)CS. The molecule has 1 unspecified atom stereocenters. The Morgan fingerprint density at radius 1 is 1.25 bits per heavy atom. The van der Waals surface area contributed by atoms with Crippen LogP contribution in [0.1, 0.15) is 39.5 Å². The van der Waals surface area contributed by atoms with Crippen LogP contribution >= 0.6 is 12.6 Å². The van der Waals surface area contributed by atoms with E-state index in [0.717, 1.165) is 19.0 Å². The van der Waals surface area contributed by atoms with Gasteiger partial charge in [-0.25, -0.2) is 0 Å². The van der Waals surface area contributed by atoms with Gasteiger partial charge in [-0.2, -0.15) is 12.6 Å². The lowest BCUT2D eigenvalue weighted by molar-refractivity contribution is 0.108. The molecule has 1 nitrogen and oxygen atoms in total. The maximum Gasteiger partial charge on any atom is 0.0499 e. The molecule has 0 saturated carbocycles. The minimum atomic E-state index is 0.597. The second kappa shape index (κ2) is 9.40. The van der Waals surface area contributed by atoms with Gasteiger partial charge < -0.3 is 4.74 Å². The van der Waals surface area contributed by atoms with Gasteiger partial charge in [0.05, 0.1) is 0 Å². The van der Waals surface area contributed by atoms with E-state index in [1.807, 2.05) is 0 Å². The maximum atomic E-state index is 5.48. The normalized spacial score (nSPS) is 13.2. The van der Waals surface area contributed by atoms with E-state index in [2.05, 4.69) is 26.5 Å². The van der Waals surface area contributed by atoms with Crippen LogP contribution < -0.4 is 0 Å². The van der Waals surface area contributed by atoms with Gasteiger partial charge in [0, 0.05) is 13.2 Å². The van der Waals surface area contributed by atoms with Crippen LogP contribution in [-0.2, 0) is 4.74 Å². The third-order valence-corrected chi connectivity index (χ3v) is 2.48. The van der Waals surface area contributed by atoms with Crippen LogP contribution in [-0.4, -0.2) is 19.0 Å². The monoisotopic (exact) mass is 190 g/mol. The first-order valence-corrected chi connectivity index (χ1v) is 5.63. The van der Waals surface area contributed by atoms with Crippen LogP contribution in [0.2, 0.25) is 0 Å². The molecule has 0 bridgehead atoms. The molecular formula is C10H22OS. The van der Waals surface area contributed by atoms with Gasteiger partial charge in [0.15, 0.2) is 0 Å². The van der Waals surface area contributed by atoms with Crippen molar-refractivity contribution in [2.24, 2.45) is 5.92 Å². The van der Waals surface area contributed by atoms with Crippen molar-refractivity contribution in [3.8, 4) is 0 Å². The Kier molecular flexibility index (Phi) is 9.64. The zero-order valence-corrected chi connectivity index (χ0v) is 9.28. The summed E-state index contributed by atoms with van der Waals surface area (Å²) in [7, 11) is 0. The largest absolute Gasteiger partial charge is 0.381 e. The van der Waals surface area contributed by atoms with Crippen molar-refractivity contribution in [1.29, 1.82) is 0 Å². The molecule has 0 spiro atoms. The molecule has 74 valence electrons. The minimum Gasteiger partial charge on any atom is -0.381 e. The average molecular weight is 190 g/mol. The van der Waals surface area contributed by atoms with Gasteiger partial charge in [0.2, 0.25) is 0 Å². The summed E-state index contributed by atoms with van der Waals surface area (Å²) in [5, 5.41) is 0. The fourth-order valence-corrected chi connectivity index (χ4v) is 1.07. The first-order chi connectivity index (χ1) is 5.81. The van der Waals surface area contributed by atoms with Crippen molar-refractivity contribution in [1.82, 2.24) is 0 Å². The van der Waals surface area contributed by atoms with Gasteiger partial charge in [0.1, 0.15) is 0 Å². The Morgan fingerprint density at radius 3 is 2.58 bits per heavy atom. The molecule has 0 aromatic carbocycles. The van der Waals surface area contributed by atoms with E-state index < -0.39 is 0 Å². The highest BCUT2D eigenvalue weighted by atomic mass is 32.1. The highest BCUT2D eigenvalue weighted by Gasteiger charge is 1.97. The van der Waals surface area contributed by atoms with Crippen molar-refractivity contribution in [2.75, 3.05) is 19.0 Å². The molecular weight excluding hydrogens is 168 g/mol. The molecule has 0 aliphatic heterocycles. The minimum absolute atomic E-state index is 0.597. The molecule has 0 aliphatic rings. The van der Waals surface area contributed by atoms with Crippen molar-refractivity contribution in [3.05, 3.63) is 0 Å². The molecule has 2 heteroatoms. The Bertz CT molecular complexity index is 85.9. The predicted octanol–water partition coefficient (Wildman–Crippen LogP) is 3.15. The molecule has 0 amide bonds. The fourth-order valence-electron chi connectivity index (χ4n) is 0.968. The molecule has 0 heterocycles. The highest BCUT2D eigenvalue weighted by Crippen LogP contribution is 2.01. The standard InChI is InChI=1S/C10H22OS/c1-3-4-5-6-7-11-8-10(2)9-12/h10,12H,3-9H2,1-2H3. The quantitative estimate of drug-likeness (QED) is 0.457. The number of rotatable bonds is 8. The topological polar surface area (TPSA) is 9.23 Å². The van der Waals surface area contributed by atoms with Gasteiger partial charge >= 0.3 is 0 Å². The smallest absolute Gasteiger partial charge is 0.0499 e. The van der Waals surface area contributed by atoms with Crippen LogP contribution in [0, 0.1) is 5.92 Å². The number of ether oxygens (including phenoxy) is 1. The van der Waals surface area contributed by atoms with Gasteiger partial charge in [-0.1, -0.05) is 33.1 Å². The van der Waals surface area contributed by atoms with E-state index in [1.165, 1.54) is 25.7 Å². The summed E-state index contributed by atoms with van der Waals surface area (Å²) in [6, 6.07) is 0.